The Morgan fingerprint density at radius 2 is 2.07 bits per heavy atom. The number of piperidine rings is 1. The zero-order chi connectivity index (χ0) is 20.1. The fraction of sp³-hybridized carbons (Fsp3) is 0.650. The van der Waals surface area contributed by atoms with Crippen molar-refractivity contribution in [3.8, 4) is 5.75 Å². The number of morpholine rings is 1. The van der Waals surface area contributed by atoms with Crippen molar-refractivity contribution < 1.29 is 14.6 Å². The minimum absolute atomic E-state index is 0.0557. The van der Waals surface area contributed by atoms with E-state index in [1.165, 1.54) is 38.1 Å². The first kappa shape index (κ1) is 21.2. The normalized spacial score (nSPS) is 22.3. The fourth-order valence-corrected chi connectivity index (χ4v) is 4.15. The van der Waals surface area contributed by atoms with Crippen LogP contribution < -0.4 is 11.1 Å². The van der Waals surface area contributed by atoms with Gasteiger partial charge >= 0.3 is 0 Å². The second-order valence-corrected chi connectivity index (χ2v) is 8.14. The average molecular weight is 411 g/mol. The highest BCUT2D eigenvalue weighted by Crippen LogP contribution is 2.28. The number of phenolic OH excluding ortho intramolecular Hbond substituents is 1. The molecule has 2 aliphatic rings. The summed E-state index contributed by atoms with van der Waals surface area (Å²) in [4.78, 5) is 17.3. The molecule has 0 bridgehead atoms. The van der Waals surface area contributed by atoms with Gasteiger partial charge in [-0.3, -0.25) is 9.69 Å². The van der Waals surface area contributed by atoms with E-state index in [2.05, 4.69) is 22.0 Å². The number of nitrogens with one attached hydrogen (secondary N) is 1. The number of hydrogen-bond acceptors (Lipinski definition) is 6. The number of benzene rings is 1. The van der Waals surface area contributed by atoms with Crippen LogP contribution in [0.4, 0.5) is 5.69 Å². The van der Waals surface area contributed by atoms with Gasteiger partial charge in [0.2, 0.25) is 0 Å². The number of amides is 1. The number of anilines is 1. The number of hydrogen-bond donors (Lipinski definition) is 3. The number of rotatable bonds is 6. The van der Waals surface area contributed by atoms with E-state index >= 15 is 0 Å². The summed E-state index contributed by atoms with van der Waals surface area (Å²) in [7, 11) is 0. The molecule has 8 heteroatoms. The maximum absolute atomic E-state index is 12.4. The number of carbonyl (C=O) groups is 1. The lowest BCUT2D eigenvalue weighted by Gasteiger charge is -2.38. The van der Waals surface area contributed by atoms with Gasteiger partial charge in [0.05, 0.1) is 29.0 Å². The Labute approximate surface area is 171 Å². The fourth-order valence-electron chi connectivity index (χ4n) is 3.98. The standard InChI is InChI=1S/C20H31ClN4O3/c1-2-24-5-3-14(4-6-24)12-25-7-8-28-15(13-25)11-23-20(27)16-9-17(21)18(22)10-19(16)26/h9-10,14-15,26H,2-8,11-13,22H2,1H3,(H,23,27). The SMILES string of the molecule is CCN1CCC(CN2CCOC(CNC(=O)c3cc(Cl)c(N)cc3O)C2)CC1. The molecule has 2 heterocycles. The van der Waals surface area contributed by atoms with Crippen LogP contribution in [-0.2, 0) is 4.74 Å². The molecule has 2 aliphatic heterocycles. The Hall–Kier alpha value is -1.54. The third-order valence-corrected chi connectivity index (χ3v) is 6.07. The first-order valence-corrected chi connectivity index (χ1v) is 10.5. The van der Waals surface area contributed by atoms with Crippen molar-refractivity contribution in [3.05, 3.63) is 22.7 Å². The van der Waals surface area contributed by atoms with E-state index in [0.29, 0.717) is 13.2 Å². The zero-order valence-corrected chi connectivity index (χ0v) is 17.2. The molecule has 1 amide bonds. The number of nitrogens with two attached hydrogens (primary N) is 1. The second kappa shape index (κ2) is 9.78. The molecule has 0 spiro atoms. The number of likely N-dealkylation sites (tertiary alicyclic amines) is 1. The van der Waals surface area contributed by atoms with Crippen LogP contribution in [0.2, 0.25) is 5.02 Å². The van der Waals surface area contributed by atoms with Crippen molar-refractivity contribution in [1.29, 1.82) is 0 Å². The van der Waals surface area contributed by atoms with Crippen molar-refractivity contribution in [1.82, 2.24) is 15.1 Å². The summed E-state index contributed by atoms with van der Waals surface area (Å²) in [5.41, 5.74) is 6.00. The van der Waals surface area contributed by atoms with E-state index < -0.39 is 0 Å². The van der Waals surface area contributed by atoms with Gasteiger partial charge in [-0.05, 0) is 44.5 Å². The van der Waals surface area contributed by atoms with Crippen LogP contribution in [0.1, 0.15) is 30.1 Å². The molecular weight excluding hydrogens is 380 g/mol. The molecule has 2 fully saturated rings. The van der Waals surface area contributed by atoms with E-state index in [9.17, 15) is 9.90 Å². The molecule has 1 aromatic carbocycles. The molecule has 0 radical (unpaired) electrons. The maximum Gasteiger partial charge on any atom is 0.255 e. The van der Waals surface area contributed by atoms with Crippen LogP contribution in [0.3, 0.4) is 0 Å². The molecule has 1 aromatic rings. The van der Waals surface area contributed by atoms with Gasteiger partial charge in [-0.25, -0.2) is 0 Å². The highest BCUT2D eigenvalue weighted by atomic mass is 35.5. The molecule has 7 nitrogen and oxygen atoms in total. The first-order valence-electron chi connectivity index (χ1n) is 10.1. The summed E-state index contributed by atoms with van der Waals surface area (Å²) in [6, 6.07) is 2.68. The van der Waals surface area contributed by atoms with Crippen LogP contribution in [0.5, 0.6) is 5.75 Å². The van der Waals surface area contributed by atoms with Crippen molar-refractivity contribution in [3.63, 3.8) is 0 Å². The van der Waals surface area contributed by atoms with Gasteiger partial charge in [0.15, 0.2) is 0 Å². The zero-order valence-electron chi connectivity index (χ0n) is 16.5. The predicted molar refractivity (Wildman–Crippen MR) is 111 cm³/mol. The minimum atomic E-state index is -0.382. The molecule has 0 aliphatic carbocycles. The topological polar surface area (TPSA) is 91.1 Å². The molecule has 2 saturated heterocycles. The number of aromatic hydroxyl groups is 1. The number of nitrogen functional groups attached to an aromatic ring is 1. The smallest absolute Gasteiger partial charge is 0.255 e. The Balaban J connectivity index is 1.46. The number of phenols is 1. The van der Waals surface area contributed by atoms with E-state index in [1.54, 1.807) is 0 Å². The van der Waals surface area contributed by atoms with E-state index in [1.807, 2.05) is 0 Å². The summed E-state index contributed by atoms with van der Waals surface area (Å²) >= 11 is 5.96. The Morgan fingerprint density at radius 3 is 2.79 bits per heavy atom. The summed E-state index contributed by atoms with van der Waals surface area (Å²) < 4.78 is 5.82. The van der Waals surface area contributed by atoms with E-state index in [4.69, 9.17) is 22.1 Å². The molecule has 1 atom stereocenters. The van der Waals surface area contributed by atoms with Gasteiger partial charge in [-0.15, -0.1) is 0 Å². The van der Waals surface area contributed by atoms with Gasteiger partial charge in [0.25, 0.3) is 5.91 Å². The van der Waals surface area contributed by atoms with Gasteiger partial charge in [-0.2, -0.15) is 0 Å². The lowest BCUT2D eigenvalue weighted by atomic mass is 9.96. The number of halogens is 1. The van der Waals surface area contributed by atoms with Gasteiger partial charge in [0.1, 0.15) is 5.75 Å². The van der Waals surface area contributed by atoms with Crippen LogP contribution in [-0.4, -0.2) is 79.3 Å². The van der Waals surface area contributed by atoms with E-state index in [0.717, 1.165) is 32.1 Å². The Kier molecular flexibility index (Phi) is 7.40. The highest BCUT2D eigenvalue weighted by Gasteiger charge is 2.26. The molecular formula is C20H31ClN4O3. The number of nitrogens with zero attached hydrogens (tertiary/aromatic N) is 2. The third-order valence-electron chi connectivity index (χ3n) is 5.74. The summed E-state index contributed by atoms with van der Waals surface area (Å²) in [6.07, 6.45) is 2.45. The number of ether oxygens (including phenoxy) is 1. The van der Waals surface area contributed by atoms with Gasteiger partial charge in [-0.1, -0.05) is 18.5 Å². The molecule has 4 N–H and O–H groups in total. The number of carbonyl (C=O) groups excluding carboxylic acids is 1. The summed E-state index contributed by atoms with van der Waals surface area (Å²) in [6.45, 7) is 9.66. The average Bonchev–Trinajstić information content (AvgIpc) is 2.70. The second-order valence-electron chi connectivity index (χ2n) is 7.73. The maximum atomic E-state index is 12.4. The van der Waals surface area contributed by atoms with Crippen LogP contribution in [0.15, 0.2) is 12.1 Å². The molecule has 1 unspecified atom stereocenters. The molecule has 28 heavy (non-hydrogen) atoms. The Bertz CT molecular complexity index is 680. The first-order chi connectivity index (χ1) is 13.5. The largest absolute Gasteiger partial charge is 0.507 e. The summed E-state index contributed by atoms with van der Waals surface area (Å²) in [5.74, 6) is 0.182. The summed E-state index contributed by atoms with van der Waals surface area (Å²) in [5, 5.41) is 13.0. The predicted octanol–water partition coefficient (Wildman–Crippen LogP) is 1.79. The van der Waals surface area contributed by atoms with Crippen molar-refractivity contribution in [2.45, 2.75) is 25.9 Å². The van der Waals surface area contributed by atoms with Gasteiger partial charge in [0, 0.05) is 32.2 Å². The van der Waals surface area contributed by atoms with Gasteiger partial charge < -0.3 is 25.8 Å². The van der Waals surface area contributed by atoms with Crippen molar-refractivity contribution in [2.75, 3.05) is 58.2 Å². The molecule has 0 aromatic heterocycles. The molecule has 0 saturated carbocycles. The van der Waals surface area contributed by atoms with Crippen molar-refractivity contribution in [2.24, 2.45) is 5.92 Å². The van der Waals surface area contributed by atoms with E-state index in [-0.39, 0.29) is 34.0 Å². The van der Waals surface area contributed by atoms with Crippen molar-refractivity contribution >= 4 is 23.2 Å². The Morgan fingerprint density at radius 1 is 1.32 bits per heavy atom. The lowest BCUT2D eigenvalue weighted by molar-refractivity contribution is -0.0335. The van der Waals surface area contributed by atoms with Crippen LogP contribution in [0, 0.1) is 5.92 Å². The van der Waals surface area contributed by atoms with Crippen LogP contribution >= 0.6 is 11.6 Å². The van der Waals surface area contributed by atoms with Crippen LogP contribution in [0.25, 0.3) is 0 Å². The minimum Gasteiger partial charge on any atom is -0.507 e. The lowest BCUT2D eigenvalue weighted by Crippen LogP contribution is -2.49. The molecule has 156 valence electrons. The highest BCUT2D eigenvalue weighted by molar-refractivity contribution is 6.33. The molecule has 3 rings (SSSR count). The monoisotopic (exact) mass is 410 g/mol. The quantitative estimate of drug-likeness (QED) is 0.619. The third kappa shape index (κ3) is 5.50.